The van der Waals surface area contributed by atoms with E-state index in [4.69, 9.17) is 5.73 Å². The lowest BCUT2D eigenvalue weighted by molar-refractivity contribution is 0.267. The second-order valence-corrected chi connectivity index (χ2v) is 6.34. The van der Waals surface area contributed by atoms with Gasteiger partial charge in [-0.2, -0.15) is 0 Å². The fourth-order valence-electron chi connectivity index (χ4n) is 3.16. The largest absolute Gasteiger partial charge is 0.324 e. The van der Waals surface area contributed by atoms with Crippen LogP contribution >= 0.6 is 0 Å². The third-order valence-corrected chi connectivity index (χ3v) is 4.34. The number of hydrogen-bond acceptors (Lipinski definition) is 3. The van der Waals surface area contributed by atoms with E-state index in [0.717, 1.165) is 18.9 Å². The summed E-state index contributed by atoms with van der Waals surface area (Å²) in [5.41, 5.74) is 7.49. The van der Waals surface area contributed by atoms with E-state index in [2.05, 4.69) is 48.2 Å². The second-order valence-electron chi connectivity index (χ2n) is 6.34. The van der Waals surface area contributed by atoms with Crippen LogP contribution in [0, 0.1) is 5.92 Å². The predicted molar refractivity (Wildman–Crippen MR) is 85.7 cm³/mol. The molecule has 2 unspecified atom stereocenters. The average molecular weight is 275 g/mol. The van der Waals surface area contributed by atoms with E-state index >= 15 is 0 Å². The molecule has 1 saturated heterocycles. The Labute approximate surface area is 123 Å². The Morgan fingerprint density at radius 1 is 1.35 bits per heavy atom. The van der Waals surface area contributed by atoms with E-state index in [0.29, 0.717) is 0 Å². The van der Waals surface area contributed by atoms with Gasteiger partial charge >= 0.3 is 0 Å². The molecular formula is C17H29N3. The van der Waals surface area contributed by atoms with Gasteiger partial charge in [-0.15, -0.1) is 0 Å². The fourth-order valence-corrected chi connectivity index (χ4v) is 3.16. The van der Waals surface area contributed by atoms with Crippen LogP contribution in [0.3, 0.4) is 0 Å². The van der Waals surface area contributed by atoms with Gasteiger partial charge in [-0.3, -0.25) is 0 Å². The molecule has 1 heterocycles. The van der Waals surface area contributed by atoms with Crippen molar-refractivity contribution in [1.82, 2.24) is 9.80 Å². The molecule has 1 aliphatic rings. The summed E-state index contributed by atoms with van der Waals surface area (Å²) in [7, 11) is 4.46. The summed E-state index contributed by atoms with van der Waals surface area (Å²) in [6, 6.07) is 10.6. The summed E-state index contributed by atoms with van der Waals surface area (Å²) >= 11 is 0. The van der Waals surface area contributed by atoms with Crippen molar-refractivity contribution >= 4 is 0 Å². The first-order valence-corrected chi connectivity index (χ1v) is 7.83. The number of likely N-dealkylation sites (tertiary alicyclic amines) is 1. The molecule has 0 saturated carbocycles. The quantitative estimate of drug-likeness (QED) is 0.829. The number of hydrogen-bond donors (Lipinski definition) is 1. The Balaban J connectivity index is 1.63. The first-order valence-electron chi connectivity index (χ1n) is 7.83. The molecule has 3 nitrogen and oxygen atoms in total. The van der Waals surface area contributed by atoms with E-state index in [-0.39, 0.29) is 6.04 Å². The SMILES string of the molecule is CN(CCCC(N)c1ccccc1)CC1CCN(C)C1. The minimum Gasteiger partial charge on any atom is -0.324 e. The molecule has 0 spiro atoms. The van der Waals surface area contributed by atoms with Crippen molar-refractivity contribution in [2.24, 2.45) is 11.7 Å². The van der Waals surface area contributed by atoms with Crippen LogP contribution in [0.4, 0.5) is 0 Å². The molecule has 3 heteroatoms. The van der Waals surface area contributed by atoms with E-state index in [1.54, 1.807) is 0 Å². The van der Waals surface area contributed by atoms with Crippen LogP contribution in [0.2, 0.25) is 0 Å². The van der Waals surface area contributed by atoms with Gasteiger partial charge in [0.25, 0.3) is 0 Å². The monoisotopic (exact) mass is 275 g/mol. The maximum Gasteiger partial charge on any atom is 0.0295 e. The Morgan fingerprint density at radius 2 is 2.10 bits per heavy atom. The van der Waals surface area contributed by atoms with Crippen molar-refractivity contribution in [3.8, 4) is 0 Å². The van der Waals surface area contributed by atoms with Gasteiger partial charge < -0.3 is 15.5 Å². The third-order valence-electron chi connectivity index (χ3n) is 4.34. The van der Waals surface area contributed by atoms with Gasteiger partial charge in [0.2, 0.25) is 0 Å². The maximum absolute atomic E-state index is 6.24. The van der Waals surface area contributed by atoms with Crippen molar-refractivity contribution in [3.63, 3.8) is 0 Å². The molecule has 0 amide bonds. The number of rotatable bonds is 7. The molecule has 0 bridgehead atoms. The summed E-state index contributed by atoms with van der Waals surface area (Å²) < 4.78 is 0. The van der Waals surface area contributed by atoms with Crippen molar-refractivity contribution in [1.29, 1.82) is 0 Å². The lowest BCUT2D eigenvalue weighted by Crippen LogP contribution is -2.28. The van der Waals surface area contributed by atoms with E-state index in [1.807, 2.05) is 6.07 Å². The number of nitrogens with two attached hydrogens (primary N) is 1. The Kier molecular flexibility index (Phi) is 6.02. The van der Waals surface area contributed by atoms with Crippen molar-refractivity contribution < 1.29 is 0 Å². The highest BCUT2D eigenvalue weighted by Crippen LogP contribution is 2.17. The lowest BCUT2D eigenvalue weighted by Gasteiger charge is -2.21. The molecule has 2 atom stereocenters. The van der Waals surface area contributed by atoms with E-state index < -0.39 is 0 Å². The first kappa shape index (κ1) is 15.5. The Bertz CT molecular complexity index is 379. The standard InChI is InChI=1S/C17H29N3/c1-19(13-15-10-12-20(2)14-15)11-6-9-17(18)16-7-4-3-5-8-16/h3-5,7-8,15,17H,6,9-14,18H2,1-2H3. The summed E-state index contributed by atoms with van der Waals surface area (Å²) in [5.74, 6) is 0.854. The van der Waals surface area contributed by atoms with Crippen LogP contribution < -0.4 is 5.73 Å². The van der Waals surface area contributed by atoms with Gasteiger partial charge in [-0.05, 0) is 57.9 Å². The van der Waals surface area contributed by atoms with Crippen LogP contribution in [-0.2, 0) is 0 Å². The highest BCUT2D eigenvalue weighted by molar-refractivity contribution is 5.18. The zero-order chi connectivity index (χ0) is 14.4. The molecule has 1 aliphatic heterocycles. The molecule has 2 rings (SSSR count). The second kappa shape index (κ2) is 7.77. The number of nitrogens with zero attached hydrogens (tertiary/aromatic N) is 2. The minimum atomic E-state index is 0.183. The maximum atomic E-state index is 6.24. The van der Waals surface area contributed by atoms with Crippen LogP contribution in [0.25, 0.3) is 0 Å². The molecule has 0 radical (unpaired) electrons. The zero-order valence-electron chi connectivity index (χ0n) is 13.0. The summed E-state index contributed by atoms with van der Waals surface area (Å²) in [4.78, 5) is 4.91. The molecule has 20 heavy (non-hydrogen) atoms. The molecular weight excluding hydrogens is 246 g/mol. The van der Waals surface area contributed by atoms with Crippen LogP contribution in [-0.4, -0.2) is 50.1 Å². The first-order chi connectivity index (χ1) is 9.65. The molecule has 1 fully saturated rings. The van der Waals surface area contributed by atoms with Crippen LogP contribution in [0.5, 0.6) is 0 Å². The Morgan fingerprint density at radius 3 is 2.75 bits per heavy atom. The minimum absolute atomic E-state index is 0.183. The molecule has 0 aromatic heterocycles. The highest BCUT2D eigenvalue weighted by atomic mass is 15.1. The van der Waals surface area contributed by atoms with Gasteiger partial charge in [-0.25, -0.2) is 0 Å². The van der Waals surface area contributed by atoms with Gasteiger partial charge in [0, 0.05) is 19.1 Å². The molecule has 2 N–H and O–H groups in total. The van der Waals surface area contributed by atoms with Crippen molar-refractivity contribution in [3.05, 3.63) is 35.9 Å². The molecule has 112 valence electrons. The van der Waals surface area contributed by atoms with Crippen LogP contribution in [0.15, 0.2) is 30.3 Å². The van der Waals surface area contributed by atoms with Gasteiger partial charge in [0.1, 0.15) is 0 Å². The number of benzene rings is 1. The molecule has 0 aliphatic carbocycles. The van der Waals surface area contributed by atoms with Gasteiger partial charge in [0.15, 0.2) is 0 Å². The topological polar surface area (TPSA) is 32.5 Å². The predicted octanol–water partition coefficient (Wildman–Crippen LogP) is 2.35. The molecule has 1 aromatic carbocycles. The summed E-state index contributed by atoms with van der Waals surface area (Å²) in [6.07, 6.45) is 3.60. The third kappa shape index (κ3) is 4.89. The van der Waals surface area contributed by atoms with Gasteiger partial charge in [0.05, 0.1) is 0 Å². The van der Waals surface area contributed by atoms with Crippen molar-refractivity contribution in [2.75, 3.05) is 40.3 Å². The van der Waals surface area contributed by atoms with Crippen LogP contribution in [0.1, 0.15) is 30.9 Å². The zero-order valence-corrected chi connectivity index (χ0v) is 13.0. The highest BCUT2D eigenvalue weighted by Gasteiger charge is 2.20. The van der Waals surface area contributed by atoms with E-state index in [9.17, 15) is 0 Å². The smallest absolute Gasteiger partial charge is 0.0295 e. The van der Waals surface area contributed by atoms with E-state index in [1.165, 1.54) is 38.0 Å². The summed E-state index contributed by atoms with van der Waals surface area (Å²) in [5, 5.41) is 0. The molecule has 1 aromatic rings. The van der Waals surface area contributed by atoms with Crippen molar-refractivity contribution in [2.45, 2.75) is 25.3 Å². The lowest BCUT2D eigenvalue weighted by atomic mass is 10.0. The average Bonchev–Trinajstić information content (AvgIpc) is 2.85. The fraction of sp³-hybridized carbons (Fsp3) is 0.647. The normalized spacial score (nSPS) is 21.5. The Hall–Kier alpha value is -0.900. The van der Waals surface area contributed by atoms with Gasteiger partial charge in [-0.1, -0.05) is 30.3 Å². The summed E-state index contributed by atoms with van der Waals surface area (Å²) in [6.45, 7) is 4.90.